The summed E-state index contributed by atoms with van der Waals surface area (Å²) in [5.41, 5.74) is 7.13. The van der Waals surface area contributed by atoms with Crippen LogP contribution in [0.25, 0.3) is 0 Å². The third kappa shape index (κ3) is 8.11. The highest BCUT2D eigenvalue weighted by molar-refractivity contribution is 6.04. The minimum atomic E-state index is -9.50. The Balaban J connectivity index is 7.71. The zero-order valence-corrected chi connectivity index (χ0v) is 29.1. The van der Waals surface area contributed by atoms with Crippen LogP contribution >= 0.6 is 0 Å². The molecule has 4 N–H and O–H groups in total. The quantitative estimate of drug-likeness (QED) is 0.0861. The van der Waals surface area contributed by atoms with Crippen molar-refractivity contribution >= 4 is 23.3 Å². The van der Waals surface area contributed by atoms with Gasteiger partial charge in [0.15, 0.2) is 11.7 Å². The van der Waals surface area contributed by atoms with Crippen LogP contribution in [0.1, 0.15) is 0 Å². The van der Waals surface area contributed by atoms with Crippen LogP contribution < -0.4 is 11.5 Å². The van der Waals surface area contributed by atoms with Crippen LogP contribution in [0, 0.1) is 0 Å². The molecule has 0 rings (SSSR count). The maximum absolute atomic E-state index is 14.3. The van der Waals surface area contributed by atoms with Crippen molar-refractivity contribution < 1.29 is 176 Å². The Bertz CT molecular complexity index is 1840. The van der Waals surface area contributed by atoms with Gasteiger partial charge in [-0.05, 0) is 0 Å². The Kier molecular flexibility index (Phi) is 15.4. The maximum Gasteiger partial charge on any atom is 0.460 e. The average Bonchev–Trinajstić information content (AvgIpc) is 3.13. The van der Waals surface area contributed by atoms with Crippen molar-refractivity contribution in [2.45, 2.75) is 107 Å². The molecule has 0 aliphatic heterocycles. The molecule has 0 aromatic heterocycles. The zero-order chi connectivity index (χ0) is 56.1. The van der Waals surface area contributed by atoms with Crippen molar-refractivity contribution in [2.24, 2.45) is 31.9 Å². The summed E-state index contributed by atoms with van der Waals surface area (Å²) in [4.78, 5) is 0.689. The first-order chi connectivity index (χ1) is 28.9. The number of amidine groups is 4. The molecule has 0 heterocycles. The van der Waals surface area contributed by atoms with Gasteiger partial charge in [0.25, 0.3) is 0 Å². The van der Waals surface area contributed by atoms with Gasteiger partial charge in [0.2, 0.25) is 11.7 Å². The Morgan fingerprint density at radius 3 is 0.515 bits per heavy atom. The normalized spacial score (nSPS) is 17.6. The molecular formula is C22H4F40N6. The largest absolute Gasteiger partial charge is 0.460 e. The van der Waals surface area contributed by atoms with Gasteiger partial charge in [0, 0.05) is 0 Å². The van der Waals surface area contributed by atoms with Gasteiger partial charge in [-0.3, -0.25) is 0 Å². The van der Waals surface area contributed by atoms with E-state index in [1.54, 1.807) is 0 Å². The van der Waals surface area contributed by atoms with Gasteiger partial charge in [0.05, 0.1) is 0 Å². The van der Waals surface area contributed by atoms with Crippen LogP contribution in [0.4, 0.5) is 176 Å². The molecule has 402 valence electrons. The van der Waals surface area contributed by atoms with Gasteiger partial charge in [-0.15, -0.1) is 0 Å². The van der Waals surface area contributed by atoms with Crippen molar-refractivity contribution in [3.8, 4) is 0 Å². The molecule has 0 aliphatic rings. The van der Waals surface area contributed by atoms with Gasteiger partial charge in [-0.25, -0.2) is 9.98 Å². The van der Waals surface area contributed by atoms with Crippen molar-refractivity contribution in [2.75, 3.05) is 0 Å². The van der Waals surface area contributed by atoms with E-state index in [-0.39, 0.29) is 10.4 Å². The molecule has 0 radical (unpaired) electrons. The average molecular weight is 1110 g/mol. The number of nitrogens with two attached hydrogens (primary N) is 2. The lowest BCUT2D eigenvalue weighted by Gasteiger charge is -2.41. The Labute approximate surface area is 339 Å². The lowest BCUT2D eigenvalue weighted by molar-refractivity contribution is -0.434. The molecule has 0 unspecified atom stereocenters. The number of alkyl halides is 38. The number of hydrogen-bond acceptors (Lipinski definition) is 2. The predicted octanol–water partition coefficient (Wildman–Crippen LogP) is 11.6. The first-order valence-electron chi connectivity index (χ1n) is 14.2. The van der Waals surface area contributed by atoms with E-state index in [0.717, 1.165) is 0 Å². The van der Waals surface area contributed by atoms with Crippen molar-refractivity contribution in [1.82, 2.24) is 0 Å². The highest BCUT2D eigenvalue weighted by Gasteiger charge is 2.94. The van der Waals surface area contributed by atoms with Gasteiger partial charge in [-0.2, -0.15) is 167 Å². The van der Waals surface area contributed by atoms with Gasteiger partial charge >= 0.3 is 107 Å². The van der Waals surface area contributed by atoms with Gasteiger partial charge in [0.1, 0.15) is 0 Å². The molecule has 68 heavy (non-hydrogen) atoms. The van der Waals surface area contributed by atoms with Crippen molar-refractivity contribution in [3.05, 3.63) is 0 Å². The molecule has 0 atom stereocenters. The van der Waals surface area contributed by atoms with Crippen LogP contribution in [0.5, 0.6) is 0 Å². The minimum Gasteiger partial charge on any atom is -0.382 e. The molecule has 0 fully saturated rings. The molecule has 0 aromatic carbocycles. The highest BCUT2D eigenvalue weighted by Crippen LogP contribution is 2.64. The fourth-order valence-corrected chi connectivity index (χ4v) is 3.58. The molecule has 46 heteroatoms. The van der Waals surface area contributed by atoms with Crippen LogP contribution in [-0.2, 0) is 0 Å². The number of rotatable bonds is 17. The van der Waals surface area contributed by atoms with Crippen LogP contribution in [0.3, 0.4) is 0 Å². The highest BCUT2D eigenvalue weighted by atomic mass is 19.4. The Morgan fingerprint density at radius 2 is 0.368 bits per heavy atom. The Hall–Kier alpha value is -4.52. The van der Waals surface area contributed by atoms with E-state index < -0.39 is 130 Å². The molecule has 0 aromatic rings. The van der Waals surface area contributed by atoms with Crippen molar-refractivity contribution in [1.29, 1.82) is 0 Å². The van der Waals surface area contributed by atoms with Crippen LogP contribution in [0.2, 0.25) is 0 Å². The SMILES string of the molecule is NC(=NC(=NF)C(F)(F)C(F)(F)C(F)(F)C(F)(F)C(F)(F)C(F)(F)F)C(F)(F)C(F)(F)C(F)(F)C(F)(F)C(F)(F)C(F)(F)C(N)=NC(=NF)C(F)(F)C(F)(F)C(F)(F)C(F)(F)C(F)(F)C(F)(F)F. The van der Waals surface area contributed by atoms with E-state index in [0.29, 0.717) is 9.98 Å². The monoisotopic (exact) mass is 1110 g/mol. The predicted molar refractivity (Wildman–Crippen MR) is 132 cm³/mol. The van der Waals surface area contributed by atoms with Crippen LogP contribution in [0.15, 0.2) is 20.4 Å². The summed E-state index contributed by atoms with van der Waals surface area (Å²) >= 11 is 0. The Morgan fingerprint density at radius 1 is 0.221 bits per heavy atom. The summed E-state index contributed by atoms with van der Waals surface area (Å²) in [6.45, 7) is 0. The van der Waals surface area contributed by atoms with Crippen LogP contribution in [-0.4, -0.2) is 130 Å². The number of aliphatic imine (C=N–C) groups is 2. The second kappa shape index (κ2) is 16.5. The zero-order valence-electron chi connectivity index (χ0n) is 29.1. The summed E-state index contributed by atoms with van der Waals surface area (Å²) in [6.07, 6.45) is -16.4. The minimum absolute atomic E-state index is 0.144. The van der Waals surface area contributed by atoms with E-state index in [1.165, 1.54) is 0 Å². The summed E-state index contributed by atoms with van der Waals surface area (Å²) in [7, 11) is 0. The molecule has 0 saturated heterocycles. The number of hydrogen-bond donors (Lipinski definition) is 2. The molecule has 0 bridgehead atoms. The first-order valence-corrected chi connectivity index (χ1v) is 14.2. The van der Waals surface area contributed by atoms with Gasteiger partial charge in [-0.1, -0.05) is 19.4 Å². The van der Waals surface area contributed by atoms with E-state index >= 15 is 0 Å². The molecule has 0 amide bonds. The van der Waals surface area contributed by atoms with E-state index in [4.69, 9.17) is 0 Å². The number of nitrogens with zero attached hydrogens (tertiary/aromatic N) is 4. The third-order valence-electron chi connectivity index (χ3n) is 7.66. The summed E-state index contributed by atoms with van der Waals surface area (Å²) in [5, 5.41) is -0.288. The fourth-order valence-electron chi connectivity index (χ4n) is 3.58. The smallest absolute Gasteiger partial charge is 0.382 e. The lowest BCUT2D eigenvalue weighted by atomic mass is 9.90. The van der Waals surface area contributed by atoms with E-state index in [1.807, 2.05) is 0 Å². The van der Waals surface area contributed by atoms with E-state index in [2.05, 4.69) is 11.5 Å². The summed E-state index contributed by atoms with van der Waals surface area (Å²) < 4.78 is 541. The lowest BCUT2D eigenvalue weighted by Crippen LogP contribution is -2.73. The standard InChI is InChI=1S/C22H4F40N6/c23-5(24,1(63)65-3(67-61)7(27,28)11(35,36)15(43,44)17(47,48)19(51,52)21(55,56)57)9(31,32)13(39,40)14(41,42)10(33,34)6(25,26)2(64)66-4(68-62)8(29,30)12(37,38)16(45,46)18(49,50)20(53,54)22(58,59)60/h(H2,63,65,67)(H2,64,66,68). The number of halogens is 40. The topological polar surface area (TPSA) is 101 Å². The molecule has 0 spiro atoms. The van der Waals surface area contributed by atoms with Crippen molar-refractivity contribution in [3.63, 3.8) is 0 Å². The van der Waals surface area contributed by atoms with E-state index in [9.17, 15) is 176 Å². The fraction of sp³-hybridized carbons (Fsp3) is 0.818. The molecular weight excluding hydrogens is 1110 g/mol. The summed E-state index contributed by atoms with van der Waals surface area (Å²) in [5.74, 6) is -163. The molecule has 0 saturated carbocycles. The second-order valence-electron chi connectivity index (χ2n) is 12.0. The maximum atomic E-state index is 14.3. The second-order valence-corrected chi connectivity index (χ2v) is 12.0. The first kappa shape index (κ1) is 63.5. The van der Waals surface area contributed by atoms with Gasteiger partial charge < -0.3 is 11.5 Å². The summed E-state index contributed by atoms with van der Waals surface area (Å²) in [6, 6.07) is 0. The molecule has 6 nitrogen and oxygen atoms in total. The molecule has 0 aliphatic carbocycles. The third-order valence-corrected chi connectivity index (χ3v) is 7.66.